The number of hydrogen-bond donors (Lipinski definition) is 1. The second-order valence-corrected chi connectivity index (χ2v) is 6.24. The summed E-state index contributed by atoms with van der Waals surface area (Å²) in [5.74, 6) is 0.662. The van der Waals surface area contributed by atoms with Gasteiger partial charge in [0, 0.05) is 19.8 Å². The Morgan fingerprint density at radius 3 is 2.30 bits per heavy atom. The maximum absolute atomic E-state index is 12.3. The van der Waals surface area contributed by atoms with Crippen molar-refractivity contribution in [3.63, 3.8) is 0 Å². The van der Waals surface area contributed by atoms with Gasteiger partial charge in [0.15, 0.2) is 0 Å². The molecule has 0 saturated carbocycles. The Morgan fingerprint density at radius 2 is 1.80 bits per heavy atom. The van der Waals surface area contributed by atoms with Gasteiger partial charge in [0.05, 0.1) is 12.0 Å². The van der Waals surface area contributed by atoms with Crippen molar-refractivity contribution in [3.8, 4) is 5.75 Å². The maximum Gasteiger partial charge on any atom is 0.241 e. The molecule has 0 radical (unpaired) electrons. The normalized spacial score (nSPS) is 11.6. The van der Waals surface area contributed by atoms with Crippen molar-refractivity contribution in [1.29, 1.82) is 0 Å². The van der Waals surface area contributed by atoms with Gasteiger partial charge < -0.3 is 9.47 Å². The SMILES string of the molecule is CCOCCCNS(=O)(=O)c1c(C)cc(OC)cc1C. The van der Waals surface area contributed by atoms with E-state index >= 15 is 0 Å². The third-order valence-electron chi connectivity index (χ3n) is 2.90. The standard InChI is InChI=1S/C14H23NO4S/c1-5-19-8-6-7-15-20(16,17)14-11(2)9-13(18-4)10-12(14)3/h9-10,15H,5-8H2,1-4H3. The quantitative estimate of drug-likeness (QED) is 0.746. The maximum atomic E-state index is 12.3. The fraction of sp³-hybridized carbons (Fsp3) is 0.571. The summed E-state index contributed by atoms with van der Waals surface area (Å²) in [6.45, 7) is 7.01. The van der Waals surface area contributed by atoms with Gasteiger partial charge in [-0.05, 0) is 50.5 Å². The highest BCUT2D eigenvalue weighted by atomic mass is 32.2. The lowest BCUT2D eigenvalue weighted by molar-refractivity contribution is 0.146. The highest BCUT2D eigenvalue weighted by Crippen LogP contribution is 2.25. The predicted molar refractivity (Wildman–Crippen MR) is 78.8 cm³/mol. The molecule has 0 spiro atoms. The molecule has 0 amide bonds. The van der Waals surface area contributed by atoms with Crippen molar-refractivity contribution in [2.45, 2.75) is 32.1 Å². The highest BCUT2D eigenvalue weighted by Gasteiger charge is 2.19. The zero-order chi connectivity index (χ0) is 15.2. The molecular formula is C14H23NO4S. The van der Waals surface area contributed by atoms with Gasteiger partial charge in [-0.15, -0.1) is 0 Å². The van der Waals surface area contributed by atoms with E-state index in [9.17, 15) is 8.42 Å². The fourth-order valence-corrected chi connectivity index (χ4v) is 3.57. The molecule has 1 aromatic carbocycles. The van der Waals surface area contributed by atoms with Gasteiger partial charge in [-0.2, -0.15) is 0 Å². The van der Waals surface area contributed by atoms with Gasteiger partial charge in [0.25, 0.3) is 0 Å². The number of aryl methyl sites for hydroxylation is 2. The van der Waals surface area contributed by atoms with Crippen molar-refractivity contribution in [1.82, 2.24) is 4.72 Å². The minimum atomic E-state index is -3.49. The predicted octanol–water partition coefficient (Wildman–Crippen LogP) is 2.02. The molecule has 0 aliphatic heterocycles. The minimum Gasteiger partial charge on any atom is -0.497 e. The molecule has 0 aliphatic carbocycles. The molecule has 6 heteroatoms. The summed E-state index contributed by atoms with van der Waals surface area (Å²) in [7, 11) is -1.93. The fourth-order valence-electron chi connectivity index (χ4n) is 2.05. The topological polar surface area (TPSA) is 64.6 Å². The number of hydrogen-bond acceptors (Lipinski definition) is 4. The Hall–Kier alpha value is -1.11. The van der Waals surface area contributed by atoms with E-state index in [4.69, 9.17) is 9.47 Å². The number of nitrogens with one attached hydrogen (secondary N) is 1. The molecule has 0 atom stereocenters. The number of ether oxygens (including phenoxy) is 2. The van der Waals surface area contributed by atoms with Gasteiger partial charge in [-0.3, -0.25) is 0 Å². The van der Waals surface area contributed by atoms with Crippen LogP contribution in [0.2, 0.25) is 0 Å². The van der Waals surface area contributed by atoms with E-state index in [0.29, 0.717) is 48.0 Å². The molecular weight excluding hydrogens is 278 g/mol. The molecule has 0 saturated heterocycles. The molecule has 0 unspecified atom stereocenters. The molecule has 5 nitrogen and oxygen atoms in total. The Labute approximate surface area is 121 Å². The van der Waals surface area contributed by atoms with Crippen LogP contribution in [0.25, 0.3) is 0 Å². The van der Waals surface area contributed by atoms with Crippen LogP contribution in [-0.4, -0.2) is 35.3 Å². The van der Waals surface area contributed by atoms with Gasteiger partial charge in [0.2, 0.25) is 10.0 Å². The summed E-state index contributed by atoms with van der Waals surface area (Å²) in [5.41, 5.74) is 1.36. The van der Waals surface area contributed by atoms with Crippen LogP contribution in [-0.2, 0) is 14.8 Å². The van der Waals surface area contributed by atoms with Crippen LogP contribution in [0.5, 0.6) is 5.75 Å². The smallest absolute Gasteiger partial charge is 0.241 e. The van der Waals surface area contributed by atoms with Gasteiger partial charge >= 0.3 is 0 Å². The number of rotatable bonds is 8. The van der Waals surface area contributed by atoms with E-state index in [1.165, 1.54) is 0 Å². The van der Waals surface area contributed by atoms with Crippen molar-refractivity contribution in [2.75, 3.05) is 26.9 Å². The van der Waals surface area contributed by atoms with Crippen LogP contribution in [0.1, 0.15) is 24.5 Å². The lowest BCUT2D eigenvalue weighted by Gasteiger charge is -2.13. The zero-order valence-corrected chi connectivity index (χ0v) is 13.3. The Balaban J connectivity index is 2.82. The van der Waals surface area contributed by atoms with Gasteiger partial charge in [0.1, 0.15) is 5.75 Å². The van der Waals surface area contributed by atoms with Crippen LogP contribution in [0.15, 0.2) is 17.0 Å². The largest absolute Gasteiger partial charge is 0.497 e. The Morgan fingerprint density at radius 1 is 1.20 bits per heavy atom. The lowest BCUT2D eigenvalue weighted by atomic mass is 10.1. The zero-order valence-electron chi connectivity index (χ0n) is 12.5. The molecule has 114 valence electrons. The van der Waals surface area contributed by atoms with E-state index in [0.717, 1.165) is 0 Å². The van der Waals surface area contributed by atoms with Gasteiger partial charge in [-0.1, -0.05) is 0 Å². The number of methoxy groups -OCH3 is 1. The van der Waals surface area contributed by atoms with Crippen molar-refractivity contribution >= 4 is 10.0 Å². The molecule has 0 heterocycles. The Bertz CT molecular complexity index is 517. The van der Waals surface area contributed by atoms with Crippen LogP contribution in [0.4, 0.5) is 0 Å². The summed E-state index contributed by atoms with van der Waals surface area (Å²) in [6.07, 6.45) is 0.654. The second kappa shape index (κ2) is 7.61. The minimum absolute atomic E-state index is 0.328. The molecule has 0 bridgehead atoms. The molecule has 0 aliphatic rings. The molecule has 1 N–H and O–H groups in total. The monoisotopic (exact) mass is 301 g/mol. The average Bonchev–Trinajstić information content (AvgIpc) is 2.37. The Kier molecular flexibility index (Phi) is 6.45. The number of benzene rings is 1. The van der Waals surface area contributed by atoms with E-state index in [-0.39, 0.29) is 0 Å². The van der Waals surface area contributed by atoms with E-state index in [2.05, 4.69) is 4.72 Å². The molecule has 1 rings (SSSR count). The highest BCUT2D eigenvalue weighted by molar-refractivity contribution is 7.89. The summed E-state index contributed by atoms with van der Waals surface area (Å²) >= 11 is 0. The second-order valence-electron chi connectivity index (χ2n) is 4.54. The van der Waals surface area contributed by atoms with Crippen LogP contribution < -0.4 is 9.46 Å². The van der Waals surface area contributed by atoms with Crippen LogP contribution >= 0.6 is 0 Å². The first kappa shape index (κ1) is 16.9. The number of sulfonamides is 1. The molecule has 1 aromatic rings. The van der Waals surface area contributed by atoms with E-state index < -0.39 is 10.0 Å². The summed E-state index contributed by atoms with van der Waals surface area (Å²) in [6, 6.07) is 3.45. The third-order valence-corrected chi connectivity index (χ3v) is 4.67. The van der Waals surface area contributed by atoms with Crippen molar-refractivity contribution in [3.05, 3.63) is 23.3 Å². The molecule has 20 heavy (non-hydrogen) atoms. The average molecular weight is 301 g/mol. The van der Waals surface area contributed by atoms with E-state index in [1.54, 1.807) is 33.1 Å². The first-order valence-corrected chi connectivity index (χ1v) is 8.13. The van der Waals surface area contributed by atoms with Crippen LogP contribution in [0, 0.1) is 13.8 Å². The van der Waals surface area contributed by atoms with E-state index in [1.807, 2.05) is 6.92 Å². The summed E-state index contributed by atoms with van der Waals surface area (Å²) in [5, 5.41) is 0. The van der Waals surface area contributed by atoms with Crippen molar-refractivity contribution < 1.29 is 17.9 Å². The third kappa shape index (κ3) is 4.47. The van der Waals surface area contributed by atoms with Crippen LogP contribution in [0.3, 0.4) is 0 Å². The lowest BCUT2D eigenvalue weighted by Crippen LogP contribution is -2.27. The van der Waals surface area contributed by atoms with Gasteiger partial charge in [-0.25, -0.2) is 13.1 Å². The first-order chi connectivity index (χ1) is 9.42. The molecule has 0 fully saturated rings. The summed E-state index contributed by atoms with van der Waals surface area (Å²) < 4.78 is 37.5. The summed E-state index contributed by atoms with van der Waals surface area (Å²) in [4.78, 5) is 0.328. The van der Waals surface area contributed by atoms with Crippen molar-refractivity contribution in [2.24, 2.45) is 0 Å². The molecule has 0 aromatic heterocycles. The first-order valence-electron chi connectivity index (χ1n) is 6.65.